The lowest BCUT2D eigenvalue weighted by atomic mass is 9.89. The van der Waals surface area contributed by atoms with Crippen LogP contribution in [0.25, 0.3) is 0 Å². The maximum absolute atomic E-state index is 3.45. The van der Waals surface area contributed by atoms with E-state index in [-0.39, 0.29) is 0 Å². The second-order valence-electron chi connectivity index (χ2n) is 4.41. The SMILES string of the molecule is CCCC(C)C(CC(C)CC)NC. The minimum absolute atomic E-state index is 0.717. The molecule has 0 aliphatic carbocycles. The van der Waals surface area contributed by atoms with Gasteiger partial charge in [0, 0.05) is 6.04 Å². The van der Waals surface area contributed by atoms with Gasteiger partial charge in [-0.3, -0.25) is 0 Å². The number of hydrogen-bond acceptors (Lipinski definition) is 1. The summed E-state index contributed by atoms with van der Waals surface area (Å²) in [6, 6.07) is 0.717. The first-order chi connectivity index (χ1) is 6.15. The van der Waals surface area contributed by atoms with Crippen LogP contribution in [0.1, 0.15) is 53.4 Å². The second kappa shape index (κ2) is 7.37. The van der Waals surface area contributed by atoms with E-state index in [1.807, 2.05) is 0 Å². The molecule has 3 unspecified atom stereocenters. The fourth-order valence-corrected chi connectivity index (χ4v) is 1.89. The molecule has 13 heavy (non-hydrogen) atoms. The van der Waals surface area contributed by atoms with Crippen LogP contribution in [0.2, 0.25) is 0 Å². The van der Waals surface area contributed by atoms with Crippen molar-refractivity contribution in [1.82, 2.24) is 5.32 Å². The number of rotatable bonds is 7. The molecule has 0 radical (unpaired) electrons. The van der Waals surface area contributed by atoms with Crippen molar-refractivity contribution in [2.24, 2.45) is 11.8 Å². The molecule has 0 saturated heterocycles. The predicted octanol–water partition coefficient (Wildman–Crippen LogP) is 3.45. The van der Waals surface area contributed by atoms with Crippen LogP contribution < -0.4 is 5.32 Å². The summed E-state index contributed by atoms with van der Waals surface area (Å²) in [6.45, 7) is 9.27. The first-order valence-electron chi connectivity index (χ1n) is 5.82. The Kier molecular flexibility index (Phi) is 7.35. The summed E-state index contributed by atoms with van der Waals surface area (Å²) in [7, 11) is 2.10. The Hall–Kier alpha value is -0.0400. The average molecular weight is 185 g/mol. The highest BCUT2D eigenvalue weighted by Crippen LogP contribution is 2.18. The zero-order chi connectivity index (χ0) is 10.3. The largest absolute Gasteiger partial charge is 0.317 e. The molecule has 80 valence electrons. The Labute approximate surface area is 84.3 Å². The van der Waals surface area contributed by atoms with Gasteiger partial charge in [-0.1, -0.05) is 40.5 Å². The Bertz CT molecular complexity index is 112. The predicted molar refractivity (Wildman–Crippen MR) is 61.0 cm³/mol. The fraction of sp³-hybridized carbons (Fsp3) is 1.00. The molecule has 1 nitrogen and oxygen atoms in total. The first kappa shape index (κ1) is 13.0. The van der Waals surface area contributed by atoms with Crippen LogP contribution in [0.5, 0.6) is 0 Å². The van der Waals surface area contributed by atoms with Gasteiger partial charge in [0.05, 0.1) is 0 Å². The molecular formula is C12H27N. The lowest BCUT2D eigenvalue weighted by Crippen LogP contribution is -2.33. The Morgan fingerprint density at radius 3 is 2.15 bits per heavy atom. The highest BCUT2D eigenvalue weighted by molar-refractivity contribution is 4.73. The molecule has 1 heteroatoms. The van der Waals surface area contributed by atoms with E-state index < -0.39 is 0 Å². The van der Waals surface area contributed by atoms with Crippen LogP contribution >= 0.6 is 0 Å². The molecule has 0 saturated carbocycles. The van der Waals surface area contributed by atoms with Crippen molar-refractivity contribution in [3.05, 3.63) is 0 Å². The van der Waals surface area contributed by atoms with Crippen LogP contribution in [0.3, 0.4) is 0 Å². The van der Waals surface area contributed by atoms with E-state index in [4.69, 9.17) is 0 Å². The zero-order valence-electron chi connectivity index (χ0n) is 10.1. The van der Waals surface area contributed by atoms with E-state index in [1.165, 1.54) is 25.7 Å². The van der Waals surface area contributed by atoms with Crippen LogP contribution in [-0.4, -0.2) is 13.1 Å². The summed E-state index contributed by atoms with van der Waals surface area (Å²) < 4.78 is 0. The lowest BCUT2D eigenvalue weighted by molar-refractivity contribution is 0.310. The highest BCUT2D eigenvalue weighted by Gasteiger charge is 2.16. The summed E-state index contributed by atoms with van der Waals surface area (Å²) in [5.74, 6) is 1.68. The van der Waals surface area contributed by atoms with Crippen molar-refractivity contribution in [2.45, 2.75) is 59.4 Å². The van der Waals surface area contributed by atoms with Gasteiger partial charge in [-0.15, -0.1) is 0 Å². The topological polar surface area (TPSA) is 12.0 Å². The van der Waals surface area contributed by atoms with Gasteiger partial charge in [-0.25, -0.2) is 0 Å². The van der Waals surface area contributed by atoms with E-state index in [0.29, 0.717) is 0 Å². The van der Waals surface area contributed by atoms with Crippen LogP contribution in [0, 0.1) is 11.8 Å². The van der Waals surface area contributed by atoms with Gasteiger partial charge in [-0.2, -0.15) is 0 Å². The van der Waals surface area contributed by atoms with E-state index in [1.54, 1.807) is 0 Å². The molecule has 0 aromatic rings. The second-order valence-corrected chi connectivity index (χ2v) is 4.41. The molecular weight excluding hydrogens is 158 g/mol. The van der Waals surface area contributed by atoms with Crippen LogP contribution in [0.4, 0.5) is 0 Å². The standard InChI is InChI=1S/C12H27N/c1-6-8-11(4)12(13-5)9-10(3)7-2/h10-13H,6-9H2,1-5H3. The summed E-state index contributed by atoms with van der Waals surface area (Å²) in [5, 5.41) is 3.45. The van der Waals surface area contributed by atoms with E-state index in [2.05, 4.69) is 40.1 Å². The maximum atomic E-state index is 3.45. The monoisotopic (exact) mass is 185 g/mol. The third-order valence-electron chi connectivity index (χ3n) is 3.15. The Balaban J connectivity index is 3.86. The van der Waals surface area contributed by atoms with Gasteiger partial charge in [0.15, 0.2) is 0 Å². The Morgan fingerprint density at radius 1 is 1.15 bits per heavy atom. The van der Waals surface area contributed by atoms with Gasteiger partial charge < -0.3 is 5.32 Å². The normalized spacial score (nSPS) is 18.2. The van der Waals surface area contributed by atoms with E-state index in [0.717, 1.165) is 17.9 Å². The third-order valence-corrected chi connectivity index (χ3v) is 3.15. The Morgan fingerprint density at radius 2 is 1.77 bits per heavy atom. The molecule has 0 bridgehead atoms. The van der Waals surface area contributed by atoms with Gasteiger partial charge in [0.25, 0.3) is 0 Å². The van der Waals surface area contributed by atoms with E-state index >= 15 is 0 Å². The van der Waals surface area contributed by atoms with Crippen molar-refractivity contribution < 1.29 is 0 Å². The van der Waals surface area contributed by atoms with Crippen molar-refractivity contribution in [2.75, 3.05) is 7.05 Å². The molecule has 0 aromatic heterocycles. The molecule has 0 fully saturated rings. The minimum Gasteiger partial charge on any atom is -0.317 e. The van der Waals surface area contributed by atoms with Crippen molar-refractivity contribution in [3.8, 4) is 0 Å². The minimum atomic E-state index is 0.717. The van der Waals surface area contributed by atoms with Gasteiger partial charge in [0.1, 0.15) is 0 Å². The molecule has 3 atom stereocenters. The fourth-order valence-electron chi connectivity index (χ4n) is 1.89. The molecule has 0 aliphatic heterocycles. The summed E-state index contributed by atoms with van der Waals surface area (Å²) >= 11 is 0. The smallest absolute Gasteiger partial charge is 0.00922 e. The highest BCUT2D eigenvalue weighted by atomic mass is 14.9. The number of nitrogens with one attached hydrogen (secondary N) is 1. The lowest BCUT2D eigenvalue weighted by Gasteiger charge is -2.25. The molecule has 0 amide bonds. The van der Waals surface area contributed by atoms with Crippen LogP contribution in [-0.2, 0) is 0 Å². The summed E-state index contributed by atoms with van der Waals surface area (Å²) in [6.07, 6.45) is 5.28. The summed E-state index contributed by atoms with van der Waals surface area (Å²) in [5.41, 5.74) is 0. The van der Waals surface area contributed by atoms with Crippen LogP contribution in [0.15, 0.2) is 0 Å². The van der Waals surface area contributed by atoms with Crippen molar-refractivity contribution in [3.63, 3.8) is 0 Å². The molecule has 0 aliphatic rings. The maximum Gasteiger partial charge on any atom is 0.00922 e. The van der Waals surface area contributed by atoms with Gasteiger partial charge in [-0.05, 0) is 31.7 Å². The van der Waals surface area contributed by atoms with Crippen molar-refractivity contribution >= 4 is 0 Å². The third kappa shape index (κ3) is 5.30. The summed E-state index contributed by atoms with van der Waals surface area (Å²) in [4.78, 5) is 0. The quantitative estimate of drug-likeness (QED) is 0.640. The van der Waals surface area contributed by atoms with Crippen molar-refractivity contribution in [1.29, 1.82) is 0 Å². The molecule has 0 rings (SSSR count). The van der Waals surface area contributed by atoms with Gasteiger partial charge >= 0.3 is 0 Å². The van der Waals surface area contributed by atoms with E-state index in [9.17, 15) is 0 Å². The first-order valence-corrected chi connectivity index (χ1v) is 5.82. The van der Waals surface area contributed by atoms with Gasteiger partial charge in [0.2, 0.25) is 0 Å². The number of hydrogen-bond donors (Lipinski definition) is 1. The average Bonchev–Trinajstić information content (AvgIpc) is 2.14. The molecule has 1 N–H and O–H groups in total. The molecule has 0 aromatic carbocycles. The molecule has 0 spiro atoms. The molecule has 0 heterocycles. The zero-order valence-corrected chi connectivity index (χ0v) is 10.1.